The first-order chi connectivity index (χ1) is 10.1. The van der Waals surface area contributed by atoms with Crippen molar-refractivity contribution in [3.8, 4) is 5.75 Å². The molecular formula is C16H16F3NO. The summed E-state index contributed by atoms with van der Waals surface area (Å²) >= 11 is 0. The van der Waals surface area contributed by atoms with Crippen LogP contribution in [0, 0.1) is 17.5 Å². The van der Waals surface area contributed by atoms with Gasteiger partial charge in [0.05, 0.1) is 7.11 Å². The van der Waals surface area contributed by atoms with Gasteiger partial charge in [0.15, 0.2) is 0 Å². The monoisotopic (exact) mass is 295 g/mol. The summed E-state index contributed by atoms with van der Waals surface area (Å²) in [4.78, 5) is 0. The predicted molar refractivity (Wildman–Crippen MR) is 74.8 cm³/mol. The number of hydrogen-bond donors (Lipinski definition) is 1. The van der Waals surface area contributed by atoms with E-state index < -0.39 is 23.5 Å². The third-order valence-electron chi connectivity index (χ3n) is 3.37. The molecule has 112 valence electrons. The van der Waals surface area contributed by atoms with E-state index in [-0.39, 0.29) is 17.7 Å². The van der Waals surface area contributed by atoms with Crippen molar-refractivity contribution in [3.05, 3.63) is 65.0 Å². The van der Waals surface area contributed by atoms with Gasteiger partial charge in [-0.2, -0.15) is 0 Å². The molecule has 0 bridgehead atoms. The number of ether oxygens (including phenoxy) is 1. The van der Waals surface area contributed by atoms with Crippen LogP contribution in [0.2, 0.25) is 0 Å². The highest BCUT2D eigenvalue weighted by Gasteiger charge is 2.21. The van der Waals surface area contributed by atoms with Crippen LogP contribution in [-0.4, -0.2) is 14.2 Å². The molecule has 1 unspecified atom stereocenters. The molecule has 0 saturated carbocycles. The minimum absolute atomic E-state index is 0.106. The maximum Gasteiger partial charge on any atom is 0.134 e. The minimum Gasteiger partial charge on any atom is -0.497 e. The van der Waals surface area contributed by atoms with Gasteiger partial charge in [0, 0.05) is 23.7 Å². The van der Waals surface area contributed by atoms with Crippen LogP contribution in [0.15, 0.2) is 36.4 Å². The van der Waals surface area contributed by atoms with Gasteiger partial charge in [0.2, 0.25) is 0 Å². The van der Waals surface area contributed by atoms with Crippen molar-refractivity contribution in [2.24, 2.45) is 0 Å². The molecular weight excluding hydrogens is 279 g/mol. The summed E-state index contributed by atoms with van der Waals surface area (Å²) in [6.45, 7) is 0. The molecule has 0 aliphatic rings. The lowest BCUT2D eigenvalue weighted by Crippen LogP contribution is -2.22. The Labute approximate surface area is 121 Å². The van der Waals surface area contributed by atoms with E-state index in [0.717, 1.165) is 12.1 Å². The summed E-state index contributed by atoms with van der Waals surface area (Å²) in [6.07, 6.45) is 0.142. The molecule has 2 rings (SSSR count). The van der Waals surface area contributed by atoms with Gasteiger partial charge in [0.1, 0.15) is 23.2 Å². The van der Waals surface area contributed by atoms with E-state index in [0.29, 0.717) is 5.56 Å². The summed E-state index contributed by atoms with van der Waals surface area (Å²) in [6, 6.07) is 7.73. The van der Waals surface area contributed by atoms with E-state index in [4.69, 9.17) is 4.74 Å². The lowest BCUT2D eigenvalue weighted by Gasteiger charge is -2.19. The molecule has 0 saturated heterocycles. The van der Waals surface area contributed by atoms with E-state index in [1.807, 2.05) is 0 Å². The molecule has 0 aliphatic carbocycles. The predicted octanol–water partition coefficient (Wildman–Crippen LogP) is 3.62. The Morgan fingerprint density at radius 2 is 1.67 bits per heavy atom. The number of hydrogen-bond acceptors (Lipinski definition) is 2. The summed E-state index contributed by atoms with van der Waals surface area (Å²) in [7, 11) is 2.91. The van der Waals surface area contributed by atoms with Crippen LogP contribution in [0.1, 0.15) is 17.2 Å². The van der Waals surface area contributed by atoms with Gasteiger partial charge in [-0.05, 0) is 25.1 Å². The Morgan fingerprint density at radius 1 is 1.05 bits per heavy atom. The van der Waals surface area contributed by atoms with E-state index in [9.17, 15) is 13.2 Å². The SMILES string of the molecule is CNC(Cc1ccccc1F)c1c(F)cc(OC)cc1F. The van der Waals surface area contributed by atoms with Crippen molar-refractivity contribution in [2.75, 3.05) is 14.2 Å². The van der Waals surface area contributed by atoms with Crippen LogP contribution in [0.3, 0.4) is 0 Å². The molecule has 2 aromatic carbocycles. The highest BCUT2D eigenvalue weighted by Crippen LogP contribution is 2.28. The van der Waals surface area contributed by atoms with Gasteiger partial charge in [-0.3, -0.25) is 0 Å². The highest BCUT2D eigenvalue weighted by molar-refractivity contribution is 5.33. The second kappa shape index (κ2) is 6.63. The number of benzene rings is 2. The first-order valence-corrected chi connectivity index (χ1v) is 6.50. The lowest BCUT2D eigenvalue weighted by atomic mass is 9.97. The molecule has 21 heavy (non-hydrogen) atoms. The van der Waals surface area contributed by atoms with Crippen molar-refractivity contribution < 1.29 is 17.9 Å². The molecule has 5 heteroatoms. The third kappa shape index (κ3) is 3.36. The summed E-state index contributed by atoms with van der Waals surface area (Å²) in [5.74, 6) is -1.73. The largest absolute Gasteiger partial charge is 0.497 e. The molecule has 0 spiro atoms. The zero-order valence-corrected chi connectivity index (χ0v) is 11.8. The first kappa shape index (κ1) is 15.4. The highest BCUT2D eigenvalue weighted by atomic mass is 19.1. The molecule has 1 atom stereocenters. The van der Waals surface area contributed by atoms with Crippen LogP contribution >= 0.6 is 0 Å². The molecule has 0 radical (unpaired) electrons. The molecule has 0 heterocycles. The van der Waals surface area contributed by atoms with Crippen molar-refractivity contribution >= 4 is 0 Å². The number of halogens is 3. The summed E-state index contributed by atoms with van der Waals surface area (Å²) in [5, 5.41) is 2.83. The molecule has 0 amide bonds. The second-order valence-electron chi connectivity index (χ2n) is 4.64. The molecule has 0 fully saturated rings. The zero-order chi connectivity index (χ0) is 15.4. The Morgan fingerprint density at radius 3 is 2.19 bits per heavy atom. The number of likely N-dealkylation sites (N-methyl/N-ethyl adjacent to an activating group) is 1. The fourth-order valence-corrected chi connectivity index (χ4v) is 2.24. The molecule has 0 aromatic heterocycles. The van der Waals surface area contributed by atoms with Gasteiger partial charge < -0.3 is 10.1 Å². The van der Waals surface area contributed by atoms with E-state index >= 15 is 0 Å². The molecule has 2 aromatic rings. The average Bonchev–Trinajstić information content (AvgIpc) is 2.47. The standard InChI is InChI=1S/C16H16F3NO/c1-20-15(7-10-5-3-4-6-12(10)17)16-13(18)8-11(21-2)9-14(16)19/h3-6,8-9,15,20H,7H2,1-2H3. The third-order valence-corrected chi connectivity index (χ3v) is 3.37. The van der Waals surface area contributed by atoms with Crippen LogP contribution in [-0.2, 0) is 6.42 Å². The maximum atomic E-state index is 14.1. The van der Waals surface area contributed by atoms with Crippen molar-refractivity contribution in [1.29, 1.82) is 0 Å². The number of rotatable bonds is 5. The van der Waals surface area contributed by atoms with Crippen LogP contribution in [0.25, 0.3) is 0 Å². The Bertz CT molecular complexity index is 608. The normalized spacial score (nSPS) is 12.2. The average molecular weight is 295 g/mol. The smallest absolute Gasteiger partial charge is 0.134 e. The van der Waals surface area contributed by atoms with E-state index in [1.54, 1.807) is 25.2 Å². The van der Waals surface area contributed by atoms with Crippen LogP contribution in [0.4, 0.5) is 13.2 Å². The molecule has 1 N–H and O–H groups in total. The zero-order valence-electron chi connectivity index (χ0n) is 11.8. The van der Waals surface area contributed by atoms with Gasteiger partial charge >= 0.3 is 0 Å². The second-order valence-corrected chi connectivity index (χ2v) is 4.64. The minimum atomic E-state index is -0.720. The summed E-state index contributed by atoms with van der Waals surface area (Å²) < 4.78 is 46.7. The fourth-order valence-electron chi connectivity index (χ4n) is 2.24. The maximum absolute atomic E-state index is 14.1. The van der Waals surface area contributed by atoms with Crippen molar-refractivity contribution in [1.82, 2.24) is 5.32 Å². The quantitative estimate of drug-likeness (QED) is 0.909. The van der Waals surface area contributed by atoms with Crippen molar-refractivity contribution in [2.45, 2.75) is 12.5 Å². The first-order valence-electron chi connectivity index (χ1n) is 6.50. The van der Waals surface area contributed by atoms with Gasteiger partial charge in [0.25, 0.3) is 0 Å². The molecule has 0 aliphatic heterocycles. The van der Waals surface area contributed by atoms with Gasteiger partial charge in [-0.1, -0.05) is 18.2 Å². The topological polar surface area (TPSA) is 21.3 Å². The molecule has 2 nitrogen and oxygen atoms in total. The fraction of sp³-hybridized carbons (Fsp3) is 0.250. The van der Waals surface area contributed by atoms with E-state index in [1.165, 1.54) is 13.2 Å². The van der Waals surface area contributed by atoms with Gasteiger partial charge in [-0.15, -0.1) is 0 Å². The van der Waals surface area contributed by atoms with Crippen LogP contribution < -0.4 is 10.1 Å². The number of nitrogens with one attached hydrogen (secondary N) is 1. The van der Waals surface area contributed by atoms with E-state index in [2.05, 4.69) is 5.32 Å². The number of methoxy groups -OCH3 is 1. The summed E-state index contributed by atoms with van der Waals surface area (Å²) in [5.41, 5.74) is 0.271. The Kier molecular flexibility index (Phi) is 4.85. The Balaban J connectivity index is 2.36. The van der Waals surface area contributed by atoms with Crippen LogP contribution in [0.5, 0.6) is 5.75 Å². The van der Waals surface area contributed by atoms with Gasteiger partial charge in [-0.25, -0.2) is 13.2 Å². The Hall–Kier alpha value is -2.01. The van der Waals surface area contributed by atoms with Crippen molar-refractivity contribution in [3.63, 3.8) is 0 Å². The lowest BCUT2D eigenvalue weighted by molar-refractivity contribution is 0.401.